The first-order valence-corrected chi connectivity index (χ1v) is 8.16. The summed E-state index contributed by atoms with van der Waals surface area (Å²) >= 11 is 5.82. The zero-order chi connectivity index (χ0) is 17.3. The number of carbonyl (C=O) groups is 3. The summed E-state index contributed by atoms with van der Waals surface area (Å²) in [5.41, 5.74) is -0.0645. The molecule has 0 bridgehead atoms. The van der Waals surface area contributed by atoms with Crippen LogP contribution in [0.3, 0.4) is 0 Å². The Balaban J connectivity index is 1.60. The molecule has 2 aliphatic heterocycles. The van der Waals surface area contributed by atoms with Gasteiger partial charge >= 0.3 is 0 Å². The molecule has 2 heterocycles. The summed E-state index contributed by atoms with van der Waals surface area (Å²) in [6, 6.07) is 3.40. The SMILES string of the molecule is O=C1CCC(C(=O)N2CCN(C(=O)c3cc(Cl)ccc3F)CC2)N1. The minimum atomic E-state index is -0.614. The Morgan fingerprint density at radius 3 is 2.46 bits per heavy atom. The van der Waals surface area contributed by atoms with Gasteiger partial charge in [-0.1, -0.05) is 11.6 Å². The molecule has 0 saturated carbocycles. The molecule has 1 N–H and O–H groups in total. The van der Waals surface area contributed by atoms with E-state index in [-0.39, 0.29) is 17.4 Å². The van der Waals surface area contributed by atoms with Crippen LogP contribution in [0.1, 0.15) is 23.2 Å². The van der Waals surface area contributed by atoms with Crippen molar-refractivity contribution in [2.45, 2.75) is 18.9 Å². The van der Waals surface area contributed by atoms with Gasteiger partial charge in [0.05, 0.1) is 5.56 Å². The van der Waals surface area contributed by atoms with E-state index < -0.39 is 17.8 Å². The predicted octanol–water partition coefficient (Wildman–Crippen LogP) is 1.04. The molecule has 2 saturated heterocycles. The first-order valence-electron chi connectivity index (χ1n) is 7.78. The van der Waals surface area contributed by atoms with Crippen molar-refractivity contribution < 1.29 is 18.8 Å². The molecule has 0 spiro atoms. The molecule has 1 atom stereocenters. The van der Waals surface area contributed by atoms with Gasteiger partial charge in [0.2, 0.25) is 11.8 Å². The average molecular weight is 354 g/mol. The summed E-state index contributed by atoms with van der Waals surface area (Å²) in [6.07, 6.45) is 0.868. The van der Waals surface area contributed by atoms with E-state index in [1.54, 1.807) is 4.90 Å². The molecule has 1 aromatic rings. The molecule has 128 valence electrons. The van der Waals surface area contributed by atoms with Crippen molar-refractivity contribution in [2.75, 3.05) is 26.2 Å². The fraction of sp³-hybridized carbons (Fsp3) is 0.438. The lowest BCUT2D eigenvalue weighted by Crippen LogP contribution is -2.54. The van der Waals surface area contributed by atoms with E-state index in [1.165, 1.54) is 17.0 Å². The third-order valence-corrected chi connectivity index (χ3v) is 4.57. The summed E-state index contributed by atoms with van der Waals surface area (Å²) in [7, 11) is 0. The summed E-state index contributed by atoms with van der Waals surface area (Å²) in [6.45, 7) is 1.35. The van der Waals surface area contributed by atoms with Gasteiger partial charge in [0.1, 0.15) is 11.9 Å². The first kappa shape index (κ1) is 16.7. The van der Waals surface area contributed by atoms with Crippen molar-refractivity contribution in [1.29, 1.82) is 0 Å². The maximum atomic E-state index is 13.8. The molecule has 24 heavy (non-hydrogen) atoms. The van der Waals surface area contributed by atoms with E-state index in [4.69, 9.17) is 11.6 Å². The molecule has 8 heteroatoms. The minimum Gasteiger partial charge on any atom is -0.344 e. The Kier molecular flexibility index (Phi) is 4.71. The number of hydrogen-bond acceptors (Lipinski definition) is 3. The van der Waals surface area contributed by atoms with Crippen molar-refractivity contribution in [1.82, 2.24) is 15.1 Å². The molecular formula is C16H17ClFN3O3. The monoisotopic (exact) mass is 353 g/mol. The van der Waals surface area contributed by atoms with Crippen LogP contribution in [-0.4, -0.2) is 59.7 Å². The van der Waals surface area contributed by atoms with Crippen LogP contribution in [0.4, 0.5) is 4.39 Å². The highest BCUT2D eigenvalue weighted by Crippen LogP contribution is 2.18. The molecular weight excluding hydrogens is 337 g/mol. The normalized spacial score (nSPS) is 20.9. The van der Waals surface area contributed by atoms with Gasteiger partial charge in [-0.15, -0.1) is 0 Å². The highest BCUT2D eigenvalue weighted by atomic mass is 35.5. The van der Waals surface area contributed by atoms with Gasteiger partial charge in [0.25, 0.3) is 5.91 Å². The average Bonchev–Trinajstić information content (AvgIpc) is 3.02. The number of amides is 3. The summed E-state index contributed by atoms with van der Waals surface area (Å²) < 4.78 is 13.8. The number of benzene rings is 1. The van der Waals surface area contributed by atoms with Gasteiger partial charge in [-0.25, -0.2) is 4.39 Å². The van der Waals surface area contributed by atoms with Crippen molar-refractivity contribution >= 4 is 29.3 Å². The van der Waals surface area contributed by atoms with E-state index >= 15 is 0 Å². The number of rotatable bonds is 2. The topological polar surface area (TPSA) is 69.7 Å². The number of carbonyl (C=O) groups excluding carboxylic acids is 3. The zero-order valence-corrected chi connectivity index (χ0v) is 13.7. The van der Waals surface area contributed by atoms with Gasteiger partial charge in [-0.2, -0.15) is 0 Å². The Hall–Kier alpha value is -2.15. The molecule has 0 aromatic heterocycles. The van der Waals surface area contributed by atoms with Crippen LogP contribution in [0.15, 0.2) is 18.2 Å². The molecule has 1 unspecified atom stereocenters. The molecule has 0 radical (unpaired) electrons. The highest BCUT2D eigenvalue weighted by Gasteiger charge is 2.33. The van der Waals surface area contributed by atoms with Gasteiger partial charge in [-0.3, -0.25) is 14.4 Å². The van der Waals surface area contributed by atoms with Crippen LogP contribution in [0.2, 0.25) is 5.02 Å². The van der Waals surface area contributed by atoms with Crippen molar-refractivity contribution in [3.63, 3.8) is 0 Å². The smallest absolute Gasteiger partial charge is 0.257 e. The second kappa shape index (κ2) is 6.76. The minimum absolute atomic E-state index is 0.0645. The molecule has 0 aliphatic carbocycles. The second-order valence-electron chi connectivity index (χ2n) is 5.90. The van der Waals surface area contributed by atoms with Gasteiger partial charge in [0, 0.05) is 37.6 Å². The van der Waals surface area contributed by atoms with Crippen molar-refractivity contribution in [2.24, 2.45) is 0 Å². The molecule has 2 fully saturated rings. The number of piperazine rings is 1. The third-order valence-electron chi connectivity index (χ3n) is 4.33. The fourth-order valence-electron chi connectivity index (χ4n) is 2.98. The van der Waals surface area contributed by atoms with E-state index in [2.05, 4.69) is 5.32 Å². The predicted molar refractivity (Wildman–Crippen MR) is 85.1 cm³/mol. The Labute approximate surface area is 143 Å². The third kappa shape index (κ3) is 3.36. The molecule has 3 amide bonds. The van der Waals surface area contributed by atoms with Crippen molar-refractivity contribution in [3.05, 3.63) is 34.6 Å². The van der Waals surface area contributed by atoms with Crippen LogP contribution in [-0.2, 0) is 9.59 Å². The number of nitrogens with zero attached hydrogens (tertiary/aromatic N) is 2. The maximum Gasteiger partial charge on any atom is 0.257 e. The Bertz CT molecular complexity index is 689. The fourth-order valence-corrected chi connectivity index (χ4v) is 3.15. The van der Waals surface area contributed by atoms with Crippen LogP contribution >= 0.6 is 11.6 Å². The Morgan fingerprint density at radius 2 is 1.83 bits per heavy atom. The Morgan fingerprint density at radius 1 is 1.17 bits per heavy atom. The van der Waals surface area contributed by atoms with Crippen LogP contribution in [0.25, 0.3) is 0 Å². The van der Waals surface area contributed by atoms with Crippen molar-refractivity contribution in [3.8, 4) is 0 Å². The van der Waals surface area contributed by atoms with Gasteiger partial charge in [-0.05, 0) is 24.6 Å². The second-order valence-corrected chi connectivity index (χ2v) is 6.34. The first-order chi connectivity index (χ1) is 11.5. The van der Waals surface area contributed by atoms with E-state index in [0.29, 0.717) is 44.0 Å². The van der Waals surface area contributed by atoms with Crippen LogP contribution in [0.5, 0.6) is 0 Å². The van der Waals surface area contributed by atoms with Gasteiger partial charge < -0.3 is 15.1 Å². The van der Waals surface area contributed by atoms with Gasteiger partial charge in [0.15, 0.2) is 0 Å². The quantitative estimate of drug-likeness (QED) is 0.863. The van der Waals surface area contributed by atoms with E-state index in [9.17, 15) is 18.8 Å². The largest absolute Gasteiger partial charge is 0.344 e. The lowest BCUT2D eigenvalue weighted by Gasteiger charge is -2.36. The molecule has 1 aromatic carbocycles. The summed E-state index contributed by atoms with van der Waals surface area (Å²) in [5.74, 6) is -1.28. The lowest BCUT2D eigenvalue weighted by molar-refractivity contribution is -0.135. The zero-order valence-electron chi connectivity index (χ0n) is 12.9. The standard InChI is InChI=1S/C16H17ClFN3O3/c17-10-1-2-12(18)11(9-10)15(23)20-5-7-21(8-6-20)16(24)13-3-4-14(22)19-13/h1-2,9,13H,3-8H2,(H,19,22). The highest BCUT2D eigenvalue weighted by molar-refractivity contribution is 6.31. The molecule has 3 rings (SSSR count). The summed E-state index contributed by atoms with van der Waals surface area (Å²) in [4.78, 5) is 39.1. The molecule has 2 aliphatic rings. The molecule has 6 nitrogen and oxygen atoms in total. The van der Waals surface area contributed by atoms with Crippen LogP contribution in [0, 0.1) is 5.82 Å². The van der Waals surface area contributed by atoms with Crippen LogP contribution < -0.4 is 5.32 Å². The number of nitrogens with one attached hydrogen (secondary N) is 1. The lowest BCUT2D eigenvalue weighted by atomic mass is 10.1. The van der Waals surface area contributed by atoms with E-state index in [1.807, 2.05) is 0 Å². The summed E-state index contributed by atoms with van der Waals surface area (Å²) in [5, 5.41) is 2.95. The van der Waals surface area contributed by atoms with E-state index in [0.717, 1.165) is 6.07 Å². The number of hydrogen-bond donors (Lipinski definition) is 1. The maximum absolute atomic E-state index is 13.8. The number of halogens is 2.